The van der Waals surface area contributed by atoms with Crippen molar-refractivity contribution in [1.29, 1.82) is 0 Å². The number of benzene rings is 1. The Morgan fingerprint density at radius 1 is 1.26 bits per heavy atom. The molecule has 0 radical (unpaired) electrons. The third-order valence-electron chi connectivity index (χ3n) is 4.28. The van der Waals surface area contributed by atoms with Crippen LogP contribution in [-0.2, 0) is 4.79 Å². The lowest BCUT2D eigenvalue weighted by Gasteiger charge is -2.36. The molecule has 1 aliphatic rings. The van der Waals surface area contributed by atoms with Crippen molar-refractivity contribution in [2.24, 2.45) is 5.92 Å². The van der Waals surface area contributed by atoms with E-state index in [9.17, 15) is 4.79 Å². The molecule has 0 spiro atoms. The molecule has 1 atom stereocenters. The normalized spacial score (nSPS) is 16.6. The zero-order valence-corrected chi connectivity index (χ0v) is 14.4. The second kappa shape index (κ2) is 7.17. The zero-order valence-electron chi connectivity index (χ0n) is 13.6. The molecule has 5 nitrogen and oxygen atoms in total. The van der Waals surface area contributed by atoms with Crippen LogP contribution in [0.1, 0.15) is 6.92 Å². The van der Waals surface area contributed by atoms with Crippen molar-refractivity contribution in [2.45, 2.75) is 6.92 Å². The predicted molar refractivity (Wildman–Crippen MR) is 95.9 cm³/mol. The highest BCUT2D eigenvalue weighted by molar-refractivity contribution is 7.98. The number of nitrogens with zero attached hydrogens (tertiary/aromatic N) is 4. The molecular formula is C17H22N4OS. The van der Waals surface area contributed by atoms with Crippen LogP contribution in [0.2, 0.25) is 0 Å². The highest BCUT2D eigenvalue weighted by Crippen LogP contribution is 2.24. The van der Waals surface area contributed by atoms with Gasteiger partial charge >= 0.3 is 0 Å². The van der Waals surface area contributed by atoms with Crippen molar-refractivity contribution in [2.75, 3.05) is 43.1 Å². The molecule has 6 heteroatoms. The van der Waals surface area contributed by atoms with Crippen molar-refractivity contribution < 1.29 is 4.79 Å². The smallest absolute Gasteiger partial charge is 0.226 e. The van der Waals surface area contributed by atoms with E-state index in [0.29, 0.717) is 0 Å². The molecule has 23 heavy (non-hydrogen) atoms. The van der Waals surface area contributed by atoms with Gasteiger partial charge in [0, 0.05) is 48.6 Å². The number of piperazine rings is 1. The number of rotatable bonds is 4. The summed E-state index contributed by atoms with van der Waals surface area (Å²) < 4.78 is 0. The van der Waals surface area contributed by atoms with Crippen LogP contribution in [0.4, 0.5) is 5.82 Å². The van der Waals surface area contributed by atoms with Gasteiger partial charge in [0.1, 0.15) is 0 Å². The summed E-state index contributed by atoms with van der Waals surface area (Å²) >= 11 is 1.72. The fourth-order valence-electron chi connectivity index (χ4n) is 3.02. The Balaban J connectivity index is 1.70. The van der Waals surface area contributed by atoms with E-state index in [1.54, 1.807) is 18.0 Å². The number of thioether (sulfide) groups is 1. The Bertz CT molecular complexity index is 680. The van der Waals surface area contributed by atoms with Gasteiger partial charge < -0.3 is 9.80 Å². The maximum Gasteiger partial charge on any atom is 0.226 e. The summed E-state index contributed by atoms with van der Waals surface area (Å²) in [5.41, 5.74) is 0. The molecule has 0 unspecified atom stereocenters. The van der Waals surface area contributed by atoms with Crippen LogP contribution in [0.5, 0.6) is 0 Å². The van der Waals surface area contributed by atoms with Crippen LogP contribution >= 0.6 is 11.8 Å². The first-order chi connectivity index (χ1) is 11.2. The lowest BCUT2D eigenvalue weighted by Crippen LogP contribution is -2.50. The fraction of sp³-hybridized carbons (Fsp3) is 0.471. The molecule has 2 heterocycles. The van der Waals surface area contributed by atoms with Gasteiger partial charge in [0.2, 0.25) is 5.91 Å². The van der Waals surface area contributed by atoms with E-state index in [-0.39, 0.29) is 11.8 Å². The monoisotopic (exact) mass is 330 g/mol. The maximum absolute atomic E-state index is 12.4. The summed E-state index contributed by atoms with van der Waals surface area (Å²) in [5, 5.41) is 10.7. The van der Waals surface area contributed by atoms with E-state index in [4.69, 9.17) is 0 Å². The minimum Gasteiger partial charge on any atom is -0.351 e. The number of anilines is 1. The van der Waals surface area contributed by atoms with Crippen LogP contribution in [0, 0.1) is 5.92 Å². The van der Waals surface area contributed by atoms with E-state index >= 15 is 0 Å². The zero-order chi connectivity index (χ0) is 16.2. The summed E-state index contributed by atoms with van der Waals surface area (Å²) in [7, 11) is 0. The average molecular weight is 330 g/mol. The summed E-state index contributed by atoms with van der Waals surface area (Å²) in [6.07, 6.45) is 3.84. The van der Waals surface area contributed by atoms with Crippen LogP contribution in [0.15, 0.2) is 30.5 Å². The van der Waals surface area contributed by atoms with Gasteiger partial charge in [-0.1, -0.05) is 31.2 Å². The van der Waals surface area contributed by atoms with Crippen LogP contribution in [-0.4, -0.2) is 59.2 Å². The maximum atomic E-state index is 12.4. The summed E-state index contributed by atoms with van der Waals surface area (Å²) in [6.45, 7) is 5.13. The molecule has 2 aromatic rings. The van der Waals surface area contributed by atoms with Gasteiger partial charge in [0.05, 0.1) is 6.20 Å². The topological polar surface area (TPSA) is 49.3 Å². The highest BCUT2D eigenvalue weighted by atomic mass is 32.2. The van der Waals surface area contributed by atoms with Crippen LogP contribution in [0.3, 0.4) is 0 Å². The molecular weight excluding hydrogens is 308 g/mol. The molecule has 0 aliphatic carbocycles. The molecule has 1 aromatic heterocycles. The van der Waals surface area contributed by atoms with Gasteiger partial charge in [0.15, 0.2) is 5.82 Å². The summed E-state index contributed by atoms with van der Waals surface area (Å²) in [5.74, 6) is 2.16. The van der Waals surface area contributed by atoms with E-state index in [1.807, 2.05) is 30.2 Å². The Hall–Kier alpha value is -1.82. The number of carbonyl (C=O) groups is 1. The average Bonchev–Trinajstić information content (AvgIpc) is 2.61. The van der Waals surface area contributed by atoms with Crippen LogP contribution in [0.25, 0.3) is 10.8 Å². The lowest BCUT2D eigenvalue weighted by molar-refractivity contribution is -0.134. The second-order valence-corrected chi connectivity index (χ2v) is 6.83. The number of aromatic nitrogens is 2. The number of carbonyl (C=O) groups excluding carboxylic acids is 1. The first-order valence-corrected chi connectivity index (χ1v) is 9.33. The molecule has 0 N–H and O–H groups in total. The first-order valence-electron chi connectivity index (χ1n) is 7.94. The lowest BCUT2D eigenvalue weighted by atomic mass is 10.1. The fourth-order valence-corrected chi connectivity index (χ4v) is 3.66. The van der Waals surface area contributed by atoms with Crippen LogP contribution < -0.4 is 4.90 Å². The molecule has 0 bridgehead atoms. The third-order valence-corrected chi connectivity index (χ3v) is 5.11. The SMILES string of the molecule is CSC[C@@H](C)C(=O)N1CCN(c2nncc3ccccc23)CC1. The highest BCUT2D eigenvalue weighted by Gasteiger charge is 2.25. The summed E-state index contributed by atoms with van der Waals surface area (Å²) in [4.78, 5) is 16.6. The third kappa shape index (κ3) is 3.42. The second-order valence-electron chi connectivity index (χ2n) is 5.92. The van der Waals surface area contributed by atoms with E-state index < -0.39 is 0 Å². The van der Waals surface area contributed by atoms with Crippen molar-refractivity contribution in [3.8, 4) is 0 Å². The first kappa shape index (κ1) is 16.1. The minimum absolute atomic E-state index is 0.0916. The largest absolute Gasteiger partial charge is 0.351 e. The number of hydrogen-bond donors (Lipinski definition) is 0. The number of amides is 1. The van der Waals surface area contributed by atoms with Crippen molar-refractivity contribution >= 4 is 34.3 Å². The van der Waals surface area contributed by atoms with Gasteiger partial charge in [-0.15, -0.1) is 5.10 Å². The number of hydrogen-bond acceptors (Lipinski definition) is 5. The quantitative estimate of drug-likeness (QED) is 0.861. The van der Waals surface area contributed by atoms with Gasteiger partial charge in [-0.25, -0.2) is 0 Å². The standard InChI is InChI=1S/C17H22N4OS/c1-13(12-23-2)17(22)21-9-7-20(8-10-21)16-15-6-4-3-5-14(15)11-18-19-16/h3-6,11,13H,7-10,12H2,1-2H3/t13-/m1/s1. The van der Waals surface area contributed by atoms with Crippen molar-refractivity contribution in [1.82, 2.24) is 15.1 Å². The Morgan fingerprint density at radius 3 is 2.74 bits per heavy atom. The molecule has 1 fully saturated rings. The molecule has 122 valence electrons. The predicted octanol–water partition coefficient (Wildman–Crippen LogP) is 2.28. The Morgan fingerprint density at radius 2 is 2.00 bits per heavy atom. The molecule has 0 saturated carbocycles. The van der Waals surface area contributed by atoms with E-state index in [1.165, 1.54) is 0 Å². The minimum atomic E-state index is 0.0916. The van der Waals surface area contributed by atoms with Gasteiger partial charge in [-0.2, -0.15) is 16.9 Å². The van der Waals surface area contributed by atoms with Gasteiger partial charge in [-0.05, 0) is 6.26 Å². The molecule has 1 aromatic carbocycles. The van der Waals surface area contributed by atoms with E-state index in [0.717, 1.165) is 48.5 Å². The number of fused-ring (bicyclic) bond motifs is 1. The molecule has 1 saturated heterocycles. The van der Waals surface area contributed by atoms with Crippen molar-refractivity contribution in [3.63, 3.8) is 0 Å². The summed E-state index contributed by atoms with van der Waals surface area (Å²) in [6, 6.07) is 8.17. The van der Waals surface area contributed by atoms with Gasteiger partial charge in [-0.3, -0.25) is 4.79 Å². The Labute approximate surface area is 141 Å². The van der Waals surface area contributed by atoms with Gasteiger partial charge in [0.25, 0.3) is 0 Å². The molecule has 1 amide bonds. The van der Waals surface area contributed by atoms with E-state index in [2.05, 4.69) is 27.2 Å². The van der Waals surface area contributed by atoms with Crippen molar-refractivity contribution in [3.05, 3.63) is 30.5 Å². The molecule has 1 aliphatic heterocycles. The molecule has 3 rings (SSSR count). The Kier molecular flexibility index (Phi) is 5.00.